The molecular weight excluding hydrogens is 450 g/mol. The van der Waals surface area contributed by atoms with Gasteiger partial charge in [-0.15, -0.1) is 0 Å². The van der Waals surface area contributed by atoms with E-state index >= 15 is 0 Å². The first kappa shape index (κ1) is 26.9. The van der Waals surface area contributed by atoms with E-state index in [0.29, 0.717) is 18.8 Å². The van der Waals surface area contributed by atoms with Gasteiger partial charge in [0.25, 0.3) is 0 Å². The Balaban J connectivity index is 1.53. The van der Waals surface area contributed by atoms with Gasteiger partial charge in [-0.1, -0.05) is 45.0 Å². The fourth-order valence-corrected chi connectivity index (χ4v) is 6.19. The maximum atomic E-state index is 11.8. The van der Waals surface area contributed by atoms with Crippen molar-refractivity contribution in [3.8, 4) is 0 Å². The summed E-state index contributed by atoms with van der Waals surface area (Å²) < 4.78 is 18.2. The molecule has 0 spiro atoms. The summed E-state index contributed by atoms with van der Waals surface area (Å²) in [5.41, 5.74) is 0.835. The number of rotatable bonds is 7. The van der Waals surface area contributed by atoms with Crippen molar-refractivity contribution in [1.82, 2.24) is 5.32 Å². The minimum Gasteiger partial charge on any atom is -0.391 e. The van der Waals surface area contributed by atoms with Gasteiger partial charge in [0.1, 0.15) is 17.8 Å². The molecule has 2 saturated heterocycles. The Hall–Kier alpha value is -1.10. The van der Waals surface area contributed by atoms with Crippen LogP contribution in [0.4, 0.5) is 0 Å². The molecule has 1 saturated carbocycles. The molecule has 1 aromatic carbocycles. The smallest absolute Gasteiger partial charge is 0.248 e. The fraction of sp³-hybridized carbons (Fsp3) is 0.778. The normalized spacial score (nSPS) is 43.6. The predicted octanol–water partition coefficient (Wildman–Crippen LogP) is 1.82. The molecule has 1 aliphatic carbocycles. The van der Waals surface area contributed by atoms with Crippen molar-refractivity contribution in [1.29, 1.82) is 0 Å². The number of nitrogens with one attached hydrogen (secondary N) is 1. The van der Waals surface area contributed by atoms with E-state index in [1.165, 1.54) is 11.1 Å². The summed E-state index contributed by atoms with van der Waals surface area (Å²) in [5, 5.41) is 48.4. The Labute approximate surface area is 208 Å². The van der Waals surface area contributed by atoms with E-state index in [1.54, 1.807) is 7.05 Å². The summed E-state index contributed by atoms with van der Waals surface area (Å²) in [6, 6.07) is 7.91. The molecule has 4 rings (SSSR count). The van der Waals surface area contributed by atoms with E-state index in [2.05, 4.69) is 43.4 Å². The molecule has 0 bridgehead atoms. The Morgan fingerprint density at radius 3 is 2.34 bits per heavy atom. The SMILES string of the molecule is CC[C@@H]1[C@H](O)[C@H](NC)[C@H]2O[C@]3(O)[C@H](O[C@@H]2[C@H]1O)O[C@H](C)C[C@@]3(O)CCCc1ccc(C(C)C)cc1. The molecular formula is C27H43NO7. The van der Waals surface area contributed by atoms with Gasteiger partial charge in [0.2, 0.25) is 12.1 Å². The van der Waals surface area contributed by atoms with E-state index in [1.807, 2.05) is 13.8 Å². The first-order valence-electron chi connectivity index (χ1n) is 13.1. The van der Waals surface area contributed by atoms with Gasteiger partial charge in [-0.3, -0.25) is 0 Å². The second-order valence-electron chi connectivity index (χ2n) is 11.0. The minimum atomic E-state index is -2.13. The summed E-state index contributed by atoms with van der Waals surface area (Å²) in [4.78, 5) is 0. The van der Waals surface area contributed by atoms with Crippen LogP contribution in [0.1, 0.15) is 70.4 Å². The third kappa shape index (κ3) is 4.80. The number of hydrogen-bond acceptors (Lipinski definition) is 8. The number of aryl methyl sites for hydroxylation is 1. The monoisotopic (exact) mass is 493 g/mol. The lowest BCUT2D eigenvalue weighted by Crippen LogP contribution is -2.78. The van der Waals surface area contributed by atoms with Crippen molar-refractivity contribution in [2.24, 2.45) is 5.92 Å². The maximum Gasteiger partial charge on any atom is 0.248 e. The van der Waals surface area contributed by atoms with E-state index in [-0.39, 0.29) is 18.9 Å². The first-order valence-corrected chi connectivity index (χ1v) is 13.1. The number of likely N-dealkylation sites (N-methyl/N-ethyl adjacent to an activating group) is 1. The van der Waals surface area contributed by atoms with Crippen molar-refractivity contribution < 1.29 is 34.6 Å². The van der Waals surface area contributed by atoms with Gasteiger partial charge in [0.15, 0.2) is 0 Å². The lowest BCUT2D eigenvalue weighted by molar-refractivity contribution is -0.485. The first-order chi connectivity index (χ1) is 16.5. The Morgan fingerprint density at radius 2 is 1.74 bits per heavy atom. The molecule has 10 atom stereocenters. The molecule has 3 fully saturated rings. The highest BCUT2D eigenvalue weighted by molar-refractivity contribution is 5.24. The highest BCUT2D eigenvalue weighted by atomic mass is 16.8. The van der Waals surface area contributed by atoms with E-state index < -0.39 is 54.1 Å². The Kier molecular flexibility index (Phi) is 7.96. The number of hydrogen-bond donors (Lipinski definition) is 5. The molecule has 5 N–H and O–H groups in total. The van der Waals surface area contributed by atoms with Gasteiger partial charge < -0.3 is 40.0 Å². The predicted molar refractivity (Wildman–Crippen MR) is 131 cm³/mol. The third-order valence-corrected chi connectivity index (χ3v) is 8.33. The average Bonchev–Trinajstić information content (AvgIpc) is 2.80. The summed E-state index contributed by atoms with van der Waals surface area (Å²) >= 11 is 0. The molecule has 8 heteroatoms. The molecule has 0 amide bonds. The molecule has 2 heterocycles. The topological polar surface area (TPSA) is 121 Å². The van der Waals surface area contributed by atoms with Crippen LogP contribution in [0.3, 0.4) is 0 Å². The fourth-order valence-electron chi connectivity index (χ4n) is 6.19. The van der Waals surface area contributed by atoms with Crippen LogP contribution in [0.25, 0.3) is 0 Å². The van der Waals surface area contributed by atoms with Crippen LogP contribution in [-0.4, -0.2) is 81.7 Å². The van der Waals surface area contributed by atoms with Crippen LogP contribution in [0.5, 0.6) is 0 Å². The molecule has 0 aromatic heterocycles. The quantitative estimate of drug-likeness (QED) is 0.390. The molecule has 1 aromatic rings. The Bertz CT molecular complexity index is 850. The molecule has 0 radical (unpaired) electrons. The zero-order valence-electron chi connectivity index (χ0n) is 21.6. The highest BCUT2D eigenvalue weighted by Gasteiger charge is 2.68. The van der Waals surface area contributed by atoms with Crippen LogP contribution in [0.2, 0.25) is 0 Å². The summed E-state index contributed by atoms with van der Waals surface area (Å²) in [7, 11) is 1.70. The lowest BCUT2D eigenvalue weighted by Gasteiger charge is -2.60. The van der Waals surface area contributed by atoms with Gasteiger partial charge in [-0.05, 0) is 56.7 Å². The lowest BCUT2D eigenvalue weighted by atomic mass is 9.73. The van der Waals surface area contributed by atoms with Crippen LogP contribution in [-0.2, 0) is 20.6 Å². The largest absolute Gasteiger partial charge is 0.391 e. The van der Waals surface area contributed by atoms with E-state index in [9.17, 15) is 20.4 Å². The molecule has 35 heavy (non-hydrogen) atoms. The second-order valence-corrected chi connectivity index (χ2v) is 11.0. The molecule has 8 nitrogen and oxygen atoms in total. The number of benzene rings is 1. The van der Waals surface area contributed by atoms with Gasteiger partial charge in [-0.25, -0.2) is 0 Å². The number of ether oxygens (including phenoxy) is 3. The summed E-state index contributed by atoms with van der Waals surface area (Å²) in [6.45, 7) is 8.06. The average molecular weight is 494 g/mol. The van der Waals surface area contributed by atoms with Crippen LogP contribution in [0.15, 0.2) is 24.3 Å². The zero-order chi connectivity index (χ0) is 25.5. The van der Waals surface area contributed by atoms with Crippen molar-refractivity contribution in [2.75, 3.05) is 7.05 Å². The van der Waals surface area contributed by atoms with Gasteiger partial charge in [0, 0.05) is 12.3 Å². The minimum absolute atomic E-state index is 0.181. The third-order valence-electron chi connectivity index (χ3n) is 8.33. The second kappa shape index (κ2) is 10.3. The summed E-state index contributed by atoms with van der Waals surface area (Å²) in [5.74, 6) is -2.07. The van der Waals surface area contributed by atoms with Crippen LogP contribution < -0.4 is 5.32 Å². The highest BCUT2D eigenvalue weighted by Crippen LogP contribution is 2.49. The number of fused-ring (bicyclic) bond motifs is 2. The molecule has 0 unspecified atom stereocenters. The molecule has 2 aliphatic heterocycles. The van der Waals surface area contributed by atoms with E-state index in [0.717, 1.165) is 6.42 Å². The number of aliphatic hydroxyl groups excluding tert-OH is 2. The van der Waals surface area contributed by atoms with Crippen molar-refractivity contribution >= 4 is 0 Å². The number of aliphatic hydroxyl groups is 4. The summed E-state index contributed by atoms with van der Waals surface area (Å²) in [6.07, 6.45) is -2.76. The maximum absolute atomic E-state index is 11.8. The van der Waals surface area contributed by atoms with E-state index in [4.69, 9.17) is 14.2 Å². The molecule has 3 aliphatic rings. The Morgan fingerprint density at radius 1 is 1.06 bits per heavy atom. The van der Waals surface area contributed by atoms with Crippen molar-refractivity contribution in [3.63, 3.8) is 0 Å². The van der Waals surface area contributed by atoms with Gasteiger partial charge in [-0.2, -0.15) is 0 Å². The van der Waals surface area contributed by atoms with Gasteiger partial charge in [0.05, 0.1) is 24.4 Å². The van der Waals surface area contributed by atoms with Crippen molar-refractivity contribution in [2.45, 2.75) is 120 Å². The van der Waals surface area contributed by atoms with Gasteiger partial charge >= 0.3 is 0 Å². The zero-order valence-corrected chi connectivity index (χ0v) is 21.6. The molecule has 198 valence electrons. The van der Waals surface area contributed by atoms with Crippen molar-refractivity contribution in [3.05, 3.63) is 35.4 Å². The van der Waals surface area contributed by atoms with Crippen LogP contribution >= 0.6 is 0 Å². The standard InChI is InChI=1S/C27H43NO7/c1-6-19-21(29)20(28-5)23-24(22(19)30)34-25-27(32,35-23)26(31,14-16(4)33-25)13-7-8-17-9-11-18(12-10-17)15(2)3/h9-12,15-16,19-25,28-32H,6-8,13-14H2,1-5H3/t16-,19-,20+,21+,22+,23-,24-,25+,26+,27-/m1/s1. The van der Waals surface area contributed by atoms with Crippen LogP contribution in [0, 0.1) is 5.92 Å².